The summed E-state index contributed by atoms with van der Waals surface area (Å²) >= 11 is 11.4. The van der Waals surface area contributed by atoms with Crippen molar-refractivity contribution in [2.24, 2.45) is 0 Å². The van der Waals surface area contributed by atoms with E-state index >= 15 is 0 Å². The van der Waals surface area contributed by atoms with Crippen molar-refractivity contribution in [3.63, 3.8) is 0 Å². The van der Waals surface area contributed by atoms with E-state index < -0.39 is 8.07 Å². The molecule has 4 aromatic heterocycles. The number of ether oxygens (including phenoxy) is 1. The fraction of sp³-hybridized carbons (Fsp3) is 0.333. The summed E-state index contributed by atoms with van der Waals surface area (Å²) in [4.78, 5) is 19.4. The van der Waals surface area contributed by atoms with Crippen molar-refractivity contribution in [1.82, 2.24) is 29.5 Å². The third kappa shape index (κ3) is 5.75. The predicted molar refractivity (Wildman–Crippen MR) is 116 cm³/mol. The largest absolute Gasteiger partial charge is 0.361 e. The summed E-state index contributed by atoms with van der Waals surface area (Å²) in [5.41, 5.74) is 3.18. The third-order valence-electron chi connectivity index (χ3n) is 3.90. The van der Waals surface area contributed by atoms with Gasteiger partial charge in [-0.25, -0.2) is 19.9 Å². The molecule has 10 heteroatoms. The van der Waals surface area contributed by atoms with Gasteiger partial charge in [-0.3, -0.25) is 0 Å². The molecule has 0 amide bonds. The zero-order valence-corrected chi connectivity index (χ0v) is 18.5. The minimum atomic E-state index is -1.03. The highest BCUT2D eigenvalue weighted by Crippen LogP contribution is 2.14. The van der Waals surface area contributed by atoms with Crippen LogP contribution < -0.4 is 0 Å². The topological polar surface area (TPSA) is 81.5 Å². The van der Waals surface area contributed by atoms with Crippen LogP contribution in [0.4, 0.5) is 0 Å². The molecule has 0 aliphatic carbocycles. The molecular formula is C18H22Cl2N6OSi. The van der Waals surface area contributed by atoms with Crippen LogP contribution >= 0.6 is 23.2 Å². The molecule has 0 bridgehead atoms. The van der Waals surface area contributed by atoms with Crippen LogP contribution in [0.5, 0.6) is 0 Å². The summed E-state index contributed by atoms with van der Waals surface area (Å²) in [6.07, 6.45) is 6.79. The number of hydrogen-bond acceptors (Lipinski definition) is 5. The van der Waals surface area contributed by atoms with Crippen LogP contribution in [0.2, 0.25) is 36.0 Å². The molecule has 0 unspecified atom stereocenters. The lowest BCUT2D eigenvalue weighted by Crippen LogP contribution is -2.22. The molecule has 0 aromatic carbocycles. The van der Waals surface area contributed by atoms with Crippen molar-refractivity contribution in [2.45, 2.75) is 32.4 Å². The highest BCUT2D eigenvalue weighted by molar-refractivity contribution is 6.76. The monoisotopic (exact) mass is 436 g/mol. The van der Waals surface area contributed by atoms with Gasteiger partial charge in [0.15, 0.2) is 11.3 Å². The summed E-state index contributed by atoms with van der Waals surface area (Å²) < 4.78 is 7.62. The van der Waals surface area contributed by atoms with Gasteiger partial charge in [-0.15, -0.1) is 0 Å². The maximum atomic E-state index is 5.85. The minimum Gasteiger partial charge on any atom is -0.361 e. The number of halogens is 2. The number of nitrogens with one attached hydrogen (secondary N) is 1. The maximum Gasteiger partial charge on any atom is 0.162 e. The second-order valence-corrected chi connectivity index (χ2v) is 13.8. The molecule has 4 rings (SSSR count). The molecule has 0 fully saturated rings. The quantitative estimate of drug-likeness (QED) is 0.351. The Labute approximate surface area is 174 Å². The van der Waals surface area contributed by atoms with Crippen molar-refractivity contribution in [3.05, 3.63) is 47.2 Å². The van der Waals surface area contributed by atoms with Crippen molar-refractivity contribution in [1.29, 1.82) is 0 Å². The van der Waals surface area contributed by atoms with Gasteiger partial charge in [0.1, 0.15) is 28.1 Å². The molecule has 4 heterocycles. The van der Waals surface area contributed by atoms with E-state index in [0.717, 1.165) is 28.9 Å². The van der Waals surface area contributed by atoms with Crippen molar-refractivity contribution in [2.75, 3.05) is 6.61 Å². The van der Waals surface area contributed by atoms with E-state index in [9.17, 15) is 0 Å². The van der Waals surface area contributed by atoms with Gasteiger partial charge >= 0.3 is 0 Å². The fourth-order valence-electron chi connectivity index (χ4n) is 2.38. The first-order valence-electron chi connectivity index (χ1n) is 8.82. The maximum absolute atomic E-state index is 5.85. The zero-order chi connectivity index (χ0) is 20.1. The van der Waals surface area contributed by atoms with Crippen LogP contribution in [0, 0.1) is 0 Å². The Morgan fingerprint density at radius 1 is 1.04 bits per heavy atom. The first-order chi connectivity index (χ1) is 13.3. The Kier molecular flexibility index (Phi) is 6.66. The second kappa shape index (κ2) is 9.00. The molecular weight excluding hydrogens is 415 g/mol. The Hall–Kier alpha value is -2.00. The van der Waals surface area contributed by atoms with Crippen molar-refractivity contribution < 1.29 is 4.74 Å². The van der Waals surface area contributed by atoms with E-state index in [4.69, 9.17) is 27.9 Å². The number of fused-ring (bicyclic) bond motifs is 2. The number of aromatic amines is 1. The summed E-state index contributed by atoms with van der Waals surface area (Å²) in [6, 6.07) is 4.93. The molecule has 1 N–H and O–H groups in total. The van der Waals surface area contributed by atoms with E-state index in [-0.39, 0.29) is 0 Å². The first kappa shape index (κ1) is 20.7. The average molecular weight is 437 g/mol. The lowest BCUT2D eigenvalue weighted by Gasteiger charge is -2.15. The molecule has 28 heavy (non-hydrogen) atoms. The smallest absolute Gasteiger partial charge is 0.162 e. The summed E-state index contributed by atoms with van der Waals surface area (Å²) in [6.45, 7) is 8.32. The SMILES string of the molecule is C[Si](C)(C)CCOCn1ccc2ncc(Cl)nc21.Clc1cnc2cc[nH]c2n1. The van der Waals surface area contributed by atoms with Crippen LogP contribution in [0.3, 0.4) is 0 Å². The molecule has 7 nitrogen and oxygen atoms in total. The lowest BCUT2D eigenvalue weighted by molar-refractivity contribution is 0.0899. The van der Waals surface area contributed by atoms with Gasteiger partial charge in [0.2, 0.25) is 0 Å². The standard InChI is InChI=1S/C12H18ClN3OSi.C6H4ClN3/c1-18(2,3)7-6-17-9-16-5-4-10-12(16)15-11(13)8-14-10;7-5-3-9-4-1-2-8-6(4)10-5/h4-5,8H,6-7,9H2,1-3H3;1-3H,(H,8,10). The van der Waals surface area contributed by atoms with Gasteiger partial charge in [0, 0.05) is 27.1 Å². The van der Waals surface area contributed by atoms with Gasteiger partial charge in [-0.05, 0) is 18.2 Å². The number of rotatable bonds is 5. The zero-order valence-electron chi connectivity index (χ0n) is 16.0. The van der Waals surface area contributed by atoms with E-state index in [1.54, 1.807) is 12.4 Å². The van der Waals surface area contributed by atoms with E-state index in [0.29, 0.717) is 17.0 Å². The average Bonchev–Trinajstić information content (AvgIpc) is 3.24. The van der Waals surface area contributed by atoms with Crippen LogP contribution in [-0.2, 0) is 11.5 Å². The van der Waals surface area contributed by atoms with E-state index in [1.807, 2.05) is 22.9 Å². The summed E-state index contributed by atoms with van der Waals surface area (Å²) in [7, 11) is -1.03. The molecule has 0 radical (unpaired) electrons. The predicted octanol–water partition coefficient (Wildman–Crippen LogP) is 5.01. The molecule has 0 aliphatic rings. The number of nitrogens with zero attached hydrogens (tertiary/aromatic N) is 5. The number of aromatic nitrogens is 6. The highest BCUT2D eigenvalue weighted by atomic mass is 35.5. The molecule has 148 valence electrons. The van der Waals surface area contributed by atoms with Crippen molar-refractivity contribution >= 4 is 53.6 Å². The third-order valence-corrected chi connectivity index (χ3v) is 5.96. The second-order valence-electron chi connectivity index (χ2n) is 7.44. The fourth-order valence-corrected chi connectivity index (χ4v) is 3.40. The van der Waals surface area contributed by atoms with Gasteiger partial charge in [-0.1, -0.05) is 42.8 Å². The molecule has 0 spiro atoms. The number of H-pyrrole nitrogens is 1. The van der Waals surface area contributed by atoms with Crippen molar-refractivity contribution in [3.8, 4) is 0 Å². The summed E-state index contributed by atoms with van der Waals surface area (Å²) in [5, 5.41) is 0.819. The van der Waals surface area contributed by atoms with Gasteiger partial charge in [0.05, 0.1) is 12.4 Å². The summed E-state index contributed by atoms with van der Waals surface area (Å²) in [5.74, 6) is 0. The molecule has 4 aromatic rings. The van der Waals surface area contributed by atoms with E-state index in [2.05, 4.69) is 44.6 Å². The van der Waals surface area contributed by atoms with Crippen LogP contribution in [-0.4, -0.2) is 44.2 Å². The van der Waals surface area contributed by atoms with Gasteiger partial charge in [-0.2, -0.15) is 0 Å². The molecule has 0 saturated heterocycles. The van der Waals surface area contributed by atoms with E-state index in [1.165, 1.54) is 12.2 Å². The number of hydrogen-bond donors (Lipinski definition) is 1. The van der Waals surface area contributed by atoms with Crippen LogP contribution in [0.15, 0.2) is 36.9 Å². The molecule has 0 saturated carbocycles. The Balaban J connectivity index is 0.000000188. The van der Waals surface area contributed by atoms with Crippen LogP contribution in [0.1, 0.15) is 0 Å². The molecule has 0 atom stereocenters. The molecule has 0 aliphatic heterocycles. The Bertz CT molecular complexity index is 1060. The first-order valence-corrected chi connectivity index (χ1v) is 13.3. The van der Waals surface area contributed by atoms with Gasteiger partial charge < -0.3 is 14.3 Å². The lowest BCUT2D eigenvalue weighted by atomic mass is 10.5. The van der Waals surface area contributed by atoms with Gasteiger partial charge in [0.25, 0.3) is 0 Å². The highest BCUT2D eigenvalue weighted by Gasteiger charge is 2.12. The van der Waals surface area contributed by atoms with Crippen LogP contribution in [0.25, 0.3) is 22.3 Å². The normalized spacial score (nSPS) is 11.6. The Morgan fingerprint density at radius 3 is 2.50 bits per heavy atom. The minimum absolute atomic E-state index is 0.407. The Morgan fingerprint density at radius 2 is 1.75 bits per heavy atom.